The van der Waals surface area contributed by atoms with Crippen LogP contribution in [0.5, 0.6) is 0 Å². The summed E-state index contributed by atoms with van der Waals surface area (Å²) in [4.78, 5) is 10.0. The largest absolute Gasteiger partial charge is 0.272 e. The molecule has 0 aliphatic carbocycles. The minimum atomic E-state index is -0.0157. The van der Waals surface area contributed by atoms with Gasteiger partial charge in [0.2, 0.25) is 0 Å². The second kappa shape index (κ2) is 3.24. The lowest BCUT2D eigenvalue weighted by Crippen LogP contribution is -2.44. The van der Waals surface area contributed by atoms with Gasteiger partial charge in [0.25, 0.3) is 0 Å². The first-order chi connectivity index (χ1) is 6.59. The summed E-state index contributed by atoms with van der Waals surface area (Å²) in [6.07, 6.45) is 2.74. The molecular weight excluding hydrogens is 176 g/mol. The van der Waals surface area contributed by atoms with Crippen molar-refractivity contribution in [1.82, 2.24) is 4.98 Å². The molecule has 0 aromatic carbocycles. The summed E-state index contributed by atoms with van der Waals surface area (Å²) in [7, 11) is 0. The Morgan fingerprint density at radius 3 is 2.93 bits per heavy atom. The predicted molar refractivity (Wildman–Crippen MR) is 56.1 cm³/mol. The molecule has 1 aromatic heterocycles. The van der Waals surface area contributed by atoms with Gasteiger partial charge in [-0.1, -0.05) is 0 Å². The van der Waals surface area contributed by atoms with E-state index in [0.29, 0.717) is 0 Å². The van der Waals surface area contributed by atoms with Gasteiger partial charge in [-0.3, -0.25) is 9.82 Å². The van der Waals surface area contributed by atoms with Gasteiger partial charge in [-0.2, -0.15) is 0 Å². The van der Waals surface area contributed by atoms with Crippen molar-refractivity contribution in [3.63, 3.8) is 0 Å². The van der Waals surface area contributed by atoms with Crippen LogP contribution in [0.25, 0.3) is 0 Å². The fourth-order valence-corrected chi connectivity index (χ4v) is 1.67. The van der Waals surface area contributed by atoms with Crippen molar-refractivity contribution < 1.29 is 4.84 Å². The molecule has 76 valence electrons. The smallest absolute Gasteiger partial charge is 0.0859 e. The second-order valence-corrected chi connectivity index (χ2v) is 4.52. The number of hydroxylamine groups is 1. The number of hydrogen-bond acceptors (Lipinski definition) is 3. The first kappa shape index (κ1) is 9.46. The van der Waals surface area contributed by atoms with Gasteiger partial charge in [-0.15, -0.1) is 0 Å². The van der Waals surface area contributed by atoms with Crippen LogP contribution < -0.4 is 5.06 Å². The molecule has 1 aromatic rings. The summed E-state index contributed by atoms with van der Waals surface area (Å²) in [5.41, 5.74) is 2.22. The van der Waals surface area contributed by atoms with Crippen LogP contribution in [0.1, 0.15) is 26.5 Å². The van der Waals surface area contributed by atoms with Crippen molar-refractivity contribution in [2.24, 2.45) is 0 Å². The molecule has 0 bridgehead atoms. The third-order valence-corrected chi connectivity index (χ3v) is 2.25. The highest BCUT2D eigenvalue weighted by molar-refractivity contribution is 5.51. The van der Waals surface area contributed by atoms with Crippen molar-refractivity contribution >= 4 is 5.69 Å². The van der Waals surface area contributed by atoms with Crippen molar-refractivity contribution in [3.8, 4) is 0 Å². The molecule has 14 heavy (non-hydrogen) atoms. The molecule has 0 spiro atoms. The number of hydrogen-bond donors (Lipinski definition) is 0. The summed E-state index contributed by atoms with van der Waals surface area (Å²) < 4.78 is 0. The summed E-state index contributed by atoms with van der Waals surface area (Å²) >= 11 is 0. The topological polar surface area (TPSA) is 25.4 Å². The van der Waals surface area contributed by atoms with Crippen molar-refractivity contribution in [2.75, 3.05) is 11.7 Å². The van der Waals surface area contributed by atoms with Gasteiger partial charge >= 0.3 is 0 Å². The Hall–Kier alpha value is -1.09. The Morgan fingerprint density at radius 1 is 1.43 bits per heavy atom. The lowest BCUT2D eigenvalue weighted by molar-refractivity contribution is 0.0577. The highest BCUT2D eigenvalue weighted by Crippen LogP contribution is 2.29. The van der Waals surface area contributed by atoms with E-state index >= 15 is 0 Å². The fraction of sp³-hybridized carbons (Fsp3) is 0.545. The SMILES string of the molecule is CC(C)(C)N1OCCc2ncccc21. The number of nitrogens with zero attached hydrogens (tertiary/aromatic N) is 2. The van der Waals surface area contributed by atoms with E-state index in [1.165, 1.54) is 0 Å². The van der Waals surface area contributed by atoms with Crippen LogP contribution in [0.2, 0.25) is 0 Å². The highest BCUT2D eigenvalue weighted by atomic mass is 16.7. The molecule has 0 amide bonds. The summed E-state index contributed by atoms with van der Waals surface area (Å²) in [6, 6.07) is 4.01. The maximum atomic E-state index is 5.66. The summed E-state index contributed by atoms with van der Waals surface area (Å²) in [5.74, 6) is 0. The fourth-order valence-electron chi connectivity index (χ4n) is 1.67. The third kappa shape index (κ3) is 1.60. The Labute approximate surface area is 84.7 Å². The van der Waals surface area contributed by atoms with Crippen molar-refractivity contribution in [1.29, 1.82) is 0 Å². The van der Waals surface area contributed by atoms with Crippen molar-refractivity contribution in [2.45, 2.75) is 32.7 Å². The van der Waals surface area contributed by atoms with E-state index in [2.05, 4.69) is 31.8 Å². The van der Waals surface area contributed by atoms with E-state index in [0.717, 1.165) is 24.4 Å². The van der Waals surface area contributed by atoms with E-state index in [1.54, 1.807) is 0 Å². The van der Waals surface area contributed by atoms with Crippen LogP contribution in [-0.2, 0) is 11.3 Å². The van der Waals surface area contributed by atoms with Crippen LogP contribution in [-0.4, -0.2) is 17.1 Å². The van der Waals surface area contributed by atoms with Crippen LogP contribution in [0.4, 0.5) is 5.69 Å². The first-order valence-corrected chi connectivity index (χ1v) is 4.96. The third-order valence-electron chi connectivity index (χ3n) is 2.25. The average molecular weight is 192 g/mol. The molecule has 0 N–H and O–H groups in total. The molecular formula is C11H16N2O. The van der Waals surface area contributed by atoms with E-state index in [9.17, 15) is 0 Å². The first-order valence-electron chi connectivity index (χ1n) is 4.96. The molecule has 0 saturated carbocycles. The molecule has 3 heteroatoms. The molecule has 2 rings (SSSR count). The van der Waals surface area contributed by atoms with E-state index in [1.807, 2.05) is 17.3 Å². The Morgan fingerprint density at radius 2 is 2.21 bits per heavy atom. The van der Waals surface area contributed by atoms with Gasteiger partial charge in [0.05, 0.1) is 23.5 Å². The predicted octanol–water partition coefficient (Wildman–Crippen LogP) is 2.17. The molecule has 0 unspecified atom stereocenters. The standard InChI is InChI=1S/C11H16N2O/c1-11(2,3)13-10-5-4-7-12-9(10)6-8-14-13/h4-5,7H,6,8H2,1-3H3. The van der Waals surface area contributed by atoms with Gasteiger partial charge < -0.3 is 0 Å². The van der Waals surface area contributed by atoms with Crippen LogP contribution in [0, 0.1) is 0 Å². The molecule has 3 nitrogen and oxygen atoms in total. The number of anilines is 1. The zero-order chi connectivity index (χ0) is 10.2. The average Bonchev–Trinajstić information content (AvgIpc) is 2.15. The van der Waals surface area contributed by atoms with Gasteiger partial charge in [0.15, 0.2) is 0 Å². The molecule has 2 heterocycles. The quantitative estimate of drug-likeness (QED) is 0.630. The van der Waals surface area contributed by atoms with Crippen molar-refractivity contribution in [3.05, 3.63) is 24.0 Å². The maximum Gasteiger partial charge on any atom is 0.0859 e. The van der Waals surface area contributed by atoms with Crippen LogP contribution in [0.3, 0.4) is 0 Å². The second-order valence-electron chi connectivity index (χ2n) is 4.52. The number of aromatic nitrogens is 1. The Bertz CT molecular complexity index is 330. The lowest BCUT2D eigenvalue weighted by Gasteiger charge is -2.39. The van der Waals surface area contributed by atoms with Gasteiger partial charge in [0, 0.05) is 12.6 Å². The maximum absolute atomic E-state index is 5.66. The zero-order valence-electron chi connectivity index (χ0n) is 8.95. The highest BCUT2D eigenvalue weighted by Gasteiger charge is 2.28. The number of pyridine rings is 1. The molecule has 1 aliphatic rings. The minimum Gasteiger partial charge on any atom is -0.272 e. The zero-order valence-corrected chi connectivity index (χ0v) is 8.95. The van der Waals surface area contributed by atoms with E-state index in [4.69, 9.17) is 4.84 Å². The molecule has 0 saturated heterocycles. The normalized spacial score (nSPS) is 16.6. The number of fused-ring (bicyclic) bond motifs is 1. The van der Waals surface area contributed by atoms with E-state index in [-0.39, 0.29) is 5.54 Å². The van der Waals surface area contributed by atoms with Crippen LogP contribution in [0.15, 0.2) is 18.3 Å². The molecule has 0 atom stereocenters. The number of rotatable bonds is 0. The lowest BCUT2D eigenvalue weighted by atomic mass is 10.1. The molecule has 0 radical (unpaired) electrons. The van der Waals surface area contributed by atoms with Gasteiger partial charge in [-0.25, -0.2) is 5.06 Å². The van der Waals surface area contributed by atoms with Gasteiger partial charge in [0.1, 0.15) is 0 Å². The monoisotopic (exact) mass is 192 g/mol. The minimum absolute atomic E-state index is 0.0157. The summed E-state index contributed by atoms with van der Waals surface area (Å²) in [6.45, 7) is 7.13. The van der Waals surface area contributed by atoms with E-state index < -0.39 is 0 Å². The van der Waals surface area contributed by atoms with Crippen LogP contribution >= 0.6 is 0 Å². The summed E-state index contributed by atoms with van der Waals surface area (Å²) in [5, 5.41) is 1.96. The Kier molecular flexibility index (Phi) is 2.19. The molecule has 1 aliphatic heterocycles. The van der Waals surface area contributed by atoms with Gasteiger partial charge in [-0.05, 0) is 32.9 Å². The molecule has 0 fully saturated rings. The Balaban J connectivity index is 2.41.